The summed E-state index contributed by atoms with van der Waals surface area (Å²) in [6.07, 6.45) is 3.82. The Morgan fingerprint density at radius 3 is 2.63 bits per heavy atom. The first-order valence-corrected chi connectivity index (χ1v) is 10.2. The lowest BCUT2D eigenvalue weighted by atomic mass is 9.85. The van der Waals surface area contributed by atoms with Gasteiger partial charge in [0.25, 0.3) is 0 Å². The molecule has 2 aromatic carbocycles. The first-order valence-electron chi connectivity index (χ1n) is 9.81. The van der Waals surface area contributed by atoms with Crippen molar-refractivity contribution in [3.05, 3.63) is 63.2 Å². The van der Waals surface area contributed by atoms with Gasteiger partial charge in [-0.15, -0.1) is 0 Å². The Kier molecular flexibility index (Phi) is 6.46. The smallest absolute Gasteiger partial charge is 0.128 e. The third-order valence-corrected chi connectivity index (χ3v) is 5.49. The van der Waals surface area contributed by atoms with Crippen LogP contribution in [0.2, 0.25) is 5.02 Å². The van der Waals surface area contributed by atoms with Crippen molar-refractivity contribution in [2.45, 2.75) is 52.1 Å². The SMILES string of the molecule is Cc1cc(Cl)cc(CCCCNCC2(O)CCOc3c(C)cc(C)cc32)c1. The predicted molar refractivity (Wildman–Crippen MR) is 112 cm³/mol. The van der Waals surface area contributed by atoms with Gasteiger partial charge in [-0.25, -0.2) is 0 Å². The van der Waals surface area contributed by atoms with Crippen molar-refractivity contribution in [2.24, 2.45) is 0 Å². The Labute approximate surface area is 167 Å². The molecule has 27 heavy (non-hydrogen) atoms. The lowest BCUT2D eigenvalue weighted by molar-refractivity contribution is -0.00235. The second-order valence-corrected chi connectivity index (χ2v) is 8.30. The largest absolute Gasteiger partial charge is 0.493 e. The van der Waals surface area contributed by atoms with Crippen LogP contribution in [0, 0.1) is 20.8 Å². The van der Waals surface area contributed by atoms with Gasteiger partial charge in [-0.3, -0.25) is 0 Å². The van der Waals surface area contributed by atoms with Gasteiger partial charge < -0.3 is 15.2 Å². The van der Waals surface area contributed by atoms with Crippen LogP contribution in [0.3, 0.4) is 0 Å². The number of rotatable bonds is 7. The van der Waals surface area contributed by atoms with E-state index in [0.717, 1.165) is 53.3 Å². The molecule has 3 nitrogen and oxygen atoms in total. The average molecular weight is 388 g/mol. The summed E-state index contributed by atoms with van der Waals surface area (Å²) in [5.74, 6) is 0.854. The Hall–Kier alpha value is -1.55. The quantitative estimate of drug-likeness (QED) is 0.667. The van der Waals surface area contributed by atoms with Crippen LogP contribution in [-0.2, 0) is 12.0 Å². The molecular formula is C23H30ClNO2. The number of nitrogens with one attached hydrogen (secondary N) is 1. The second kappa shape index (κ2) is 8.64. The maximum Gasteiger partial charge on any atom is 0.128 e. The molecule has 2 aromatic rings. The molecule has 0 spiro atoms. The highest BCUT2D eigenvalue weighted by Gasteiger charge is 2.36. The number of unbranched alkanes of at least 4 members (excludes halogenated alkanes) is 1. The summed E-state index contributed by atoms with van der Waals surface area (Å²) in [6, 6.07) is 10.4. The van der Waals surface area contributed by atoms with Crippen molar-refractivity contribution in [3.63, 3.8) is 0 Å². The number of aryl methyl sites for hydroxylation is 4. The van der Waals surface area contributed by atoms with Crippen LogP contribution in [0.25, 0.3) is 0 Å². The van der Waals surface area contributed by atoms with Crippen molar-refractivity contribution in [2.75, 3.05) is 19.7 Å². The van der Waals surface area contributed by atoms with Gasteiger partial charge in [0, 0.05) is 23.6 Å². The molecule has 1 unspecified atom stereocenters. The fourth-order valence-electron chi connectivity index (χ4n) is 3.96. The molecule has 0 bridgehead atoms. The third kappa shape index (κ3) is 5.04. The summed E-state index contributed by atoms with van der Waals surface area (Å²) < 4.78 is 5.82. The number of fused-ring (bicyclic) bond motifs is 1. The van der Waals surface area contributed by atoms with Crippen LogP contribution >= 0.6 is 11.6 Å². The molecular weight excluding hydrogens is 358 g/mol. The van der Waals surface area contributed by atoms with Crippen LogP contribution < -0.4 is 10.1 Å². The Bertz CT molecular complexity index is 785. The molecule has 0 radical (unpaired) electrons. The van der Waals surface area contributed by atoms with E-state index in [9.17, 15) is 5.11 Å². The highest BCUT2D eigenvalue weighted by molar-refractivity contribution is 6.30. The van der Waals surface area contributed by atoms with E-state index in [1.807, 2.05) is 19.1 Å². The van der Waals surface area contributed by atoms with Crippen molar-refractivity contribution < 1.29 is 9.84 Å². The maximum atomic E-state index is 11.2. The van der Waals surface area contributed by atoms with Gasteiger partial charge in [-0.1, -0.05) is 29.3 Å². The highest BCUT2D eigenvalue weighted by atomic mass is 35.5. The minimum atomic E-state index is -0.853. The van der Waals surface area contributed by atoms with Crippen LogP contribution in [0.4, 0.5) is 0 Å². The minimum absolute atomic E-state index is 0.558. The van der Waals surface area contributed by atoms with Gasteiger partial charge in [0.1, 0.15) is 11.4 Å². The van der Waals surface area contributed by atoms with Crippen molar-refractivity contribution in [1.29, 1.82) is 0 Å². The Morgan fingerprint density at radius 1 is 1.07 bits per heavy atom. The molecule has 0 saturated carbocycles. The van der Waals surface area contributed by atoms with E-state index >= 15 is 0 Å². The zero-order valence-corrected chi connectivity index (χ0v) is 17.3. The molecule has 0 aromatic heterocycles. The fourth-order valence-corrected chi connectivity index (χ4v) is 4.27. The number of benzene rings is 2. The Morgan fingerprint density at radius 2 is 1.85 bits per heavy atom. The van der Waals surface area contributed by atoms with Gasteiger partial charge in [0.15, 0.2) is 0 Å². The van der Waals surface area contributed by atoms with E-state index in [2.05, 4.69) is 37.4 Å². The van der Waals surface area contributed by atoms with E-state index in [-0.39, 0.29) is 0 Å². The molecule has 0 saturated heterocycles. The standard InChI is InChI=1S/C23H30ClNO2/c1-16-10-18(3)22-21(13-16)23(26,7-9-27-22)15-25-8-5-4-6-19-11-17(2)12-20(24)14-19/h10-14,25-26H,4-9,15H2,1-3H3. The molecule has 2 N–H and O–H groups in total. The molecule has 1 aliphatic heterocycles. The molecule has 3 rings (SSSR count). The summed E-state index contributed by atoms with van der Waals surface area (Å²) in [7, 11) is 0. The van der Waals surface area contributed by atoms with E-state index in [4.69, 9.17) is 16.3 Å². The van der Waals surface area contributed by atoms with E-state index in [1.165, 1.54) is 11.1 Å². The summed E-state index contributed by atoms with van der Waals surface area (Å²) in [6.45, 7) is 8.19. The predicted octanol–water partition coefficient (Wildman–Crippen LogP) is 4.85. The molecule has 1 aliphatic rings. The van der Waals surface area contributed by atoms with Crippen LogP contribution in [0.5, 0.6) is 5.75 Å². The summed E-state index contributed by atoms with van der Waals surface area (Å²) in [5, 5.41) is 15.5. The summed E-state index contributed by atoms with van der Waals surface area (Å²) >= 11 is 6.13. The van der Waals surface area contributed by atoms with E-state index in [1.54, 1.807) is 0 Å². The normalized spacial score (nSPS) is 18.9. The topological polar surface area (TPSA) is 41.5 Å². The lowest BCUT2D eigenvalue weighted by Crippen LogP contribution is -2.42. The molecule has 0 aliphatic carbocycles. The molecule has 0 amide bonds. The summed E-state index contributed by atoms with van der Waals surface area (Å²) in [5.41, 5.74) is 4.83. The zero-order chi connectivity index (χ0) is 19.4. The first kappa shape index (κ1) is 20.2. The number of ether oxygens (including phenoxy) is 1. The van der Waals surface area contributed by atoms with Gasteiger partial charge in [-0.05, 0) is 81.5 Å². The molecule has 146 valence electrons. The van der Waals surface area contributed by atoms with Gasteiger partial charge in [0.2, 0.25) is 0 Å². The van der Waals surface area contributed by atoms with Gasteiger partial charge in [0.05, 0.1) is 6.61 Å². The van der Waals surface area contributed by atoms with Crippen molar-refractivity contribution >= 4 is 11.6 Å². The summed E-state index contributed by atoms with van der Waals surface area (Å²) in [4.78, 5) is 0. The fraction of sp³-hybridized carbons (Fsp3) is 0.478. The highest BCUT2D eigenvalue weighted by Crippen LogP contribution is 2.39. The number of aliphatic hydroxyl groups is 1. The van der Waals surface area contributed by atoms with E-state index in [0.29, 0.717) is 19.6 Å². The van der Waals surface area contributed by atoms with Crippen LogP contribution in [0.15, 0.2) is 30.3 Å². The van der Waals surface area contributed by atoms with Crippen molar-refractivity contribution in [3.8, 4) is 5.75 Å². The molecule has 1 atom stereocenters. The average Bonchev–Trinajstić information content (AvgIpc) is 2.58. The lowest BCUT2D eigenvalue weighted by Gasteiger charge is -2.35. The third-order valence-electron chi connectivity index (χ3n) is 5.27. The number of halogens is 1. The second-order valence-electron chi connectivity index (χ2n) is 7.86. The van der Waals surface area contributed by atoms with Crippen LogP contribution in [-0.4, -0.2) is 24.8 Å². The number of hydrogen-bond acceptors (Lipinski definition) is 3. The monoisotopic (exact) mass is 387 g/mol. The van der Waals surface area contributed by atoms with Gasteiger partial charge in [-0.2, -0.15) is 0 Å². The first-order chi connectivity index (χ1) is 12.9. The molecule has 0 fully saturated rings. The minimum Gasteiger partial charge on any atom is -0.493 e. The maximum absolute atomic E-state index is 11.2. The van der Waals surface area contributed by atoms with Gasteiger partial charge >= 0.3 is 0 Å². The number of hydrogen-bond donors (Lipinski definition) is 2. The molecule has 4 heteroatoms. The zero-order valence-electron chi connectivity index (χ0n) is 16.6. The Balaban J connectivity index is 1.50. The molecule has 1 heterocycles. The van der Waals surface area contributed by atoms with Crippen LogP contribution in [0.1, 0.15) is 47.1 Å². The van der Waals surface area contributed by atoms with Crippen molar-refractivity contribution in [1.82, 2.24) is 5.32 Å². The van der Waals surface area contributed by atoms with E-state index < -0.39 is 5.60 Å².